The standard InChI is InChI=1S/C19H23N3O3S.C19H25N3O3/c1-19(2)17(18(23)25-20)22(11-12-26-19)13-14-3-5-15(6-4-14)24-16-7-9-21-10-8-16;1-14(2)18(19(23)25-20)22(13-16-5-4-10-21-11-16)12-15-6-8-17(24-3)9-7-15/h3-10,17H,11-13,20H2,1-2H3;4-11,14,18H,12-13,20H2,1-3H3/t17-;18-/m01/s1. The monoisotopic (exact) mass is 716 g/mol. The van der Waals surface area contributed by atoms with E-state index in [-0.39, 0.29) is 22.7 Å². The second-order valence-corrected chi connectivity index (χ2v) is 14.7. The van der Waals surface area contributed by atoms with Gasteiger partial charge < -0.3 is 19.1 Å². The molecule has 2 atom stereocenters. The van der Waals surface area contributed by atoms with Gasteiger partial charge in [-0.15, -0.1) is 0 Å². The number of nitrogens with two attached hydrogens (primary N) is 2. The first-order chi connectivity index (χ1) is 24.5. The Kier molecular flexibility index (Phi) is 14.8. The van der Waals surface area contributed by atoms with E-state index in [0.29, 0.717) is 19.6 Å². The van der Waals surface area contributed by atoms with E-state index in [2.05, 4.69) is 43.3 Å². The lowest BCUT2D eigenvalue weighted by Gasteiger charge is -2.43. The predicted molar refractivity (Wildman–Crippen MR) is 197 cm³/mol. The summed E-state index contributed by atoms with van der Waals surface area (Å²) >= 11 is 1.77. The molecule has 4 aromatic rings. The number of hydrogen-bond donors (Lipinski definition) is 2. The van der Waals surface area contributed by atoms with Crippen molar-refractivity contribution in [3.05, 3.63) is 114 Å². The van der Waals surface area contributed by atoms with Crippen molar-refractivity contribution in [1.29, 1.82) is 0 Å². The number of carbonyl (C=O) groups is 2. The molecule has 0 bridgehead atoms. The molecule has 0 unspecified atom stereocenters. The summed E-state index contributed by atoms with van der Waals surface area (Å²) in [5.74, 6) is 12.8. The maximum Gasteiger partial charge on any atom is 0.343 e. The van der Waals surface area contributed by atoms with E-state index in [4.69, 9.17) is 21.3 Å². The van der Waals surface area contributed by atoms with E-state index in [9.17, 15) is 9.59 Å². The van der Waals surface area contributed by atoms with Gasteiger partial charge in [0.15, 0.2) is 0 Å². The average molecular weight is 717 g/mol. The van der Waals surface area contributed by atoms with Gasteiger partial charge in [-0.05, 0) is 78.9 Å². The first-order valence-electron chi connectivity index (χ1n) is 16.7. The highest BCUT2D eigenvalue weighted by Crippen LogP contribution is 2.37. The number of pyridine rings is 2. The van der Waals surface area contributed by atoms with Gasteiger partial charge in [-0.2, -0.15) is 23.6 Å². The normalized spacial score (nSPS) is 16.1. The number of carbonyl (C=O) groups excluding carboxylic acids is 2. The Hall–Kier alpha value is -4.53. The number of ether oxygens (including phenoxy) is 2. The van der Waals surface area contributed by atoms with Gasteiger partial charge in [0.1, 0.15) is 29.3 Å². The van der Waals surface area contributed by atoms with Crippen LogP contribution in [-0.2, 0) is 38.9 Å². The quantitative estimate of drug-likeness (QED) is 0.167. The van der Waals surface area contributed by atoms with Crippen LogP contribution in [0.3, 0.4) is 0 Å². The van der Waals surface area contributed by atoms with Gasteiger partial charge in [0.2, 0.25) is 0 Å². The van der Waals surface area contributed by atoms with E-state index in [1.165, 1.54) is 0 Å². The molecular weight excluding hydrogens is 669 g/mol. The summed E-state index contributed by atoms with van der Waals surface area (Å²) in [6.45, 7) is 10.7. The molecular formula is C38H48N6O6S. The highest BCUT2D eigenvalue weighted by atomic mass is 32.2. The molecule has 272 valence electrons. The van der Waals surface area contributed by atoms with E-state index in [1.54, 1.807) is 43.7 Å². The zero-order valence-electron chi connectivity index (χ0n) is 29.8. The Labute approximate surface area is 304 Å². The maximum atomic E-state index is 12.3. The van der Waals surface area contributed by atoms with Crippen LogP contribution in [0.25, 0.3) is 0 Å². The summed E-state index contributed by atoms with van der Waals surface area (Å²) < 4.78 is 10.7. The molecule has 2 aromatic carbocycles. The van der Waals surface area contributed by atoms with Crippen LogP contribution < -0.4 is 21.3 Å². The van der Waals surface area contributed by atoms with Gasteiger partial charge in [-0.1, -0.05) is 44.2 Å². The summed E-state index contributed by atoms with van der Waals surface area (Å²) in [5, 5.41) is 0. The first kappa shape index (κ1) is 39.3. The van der Waals surface area contributed by atoms with Crippen molar-refractivity contribution in [1.82, 2.24) is 19.8 Å². The largest absolute Gasteiger partial charge is 0.497 e. The molecule has 1 aliphatic rings. The summed E-state index contributed by atoms with van der Waals surface area (Å²) in [4.78, 5) is 45.9. The van der Waals surface area contributed by atoms with Crippen LogP contribution in [0.2, 0.25) is 0 Å². The average Bonchev–Trinajstić information content (AvgIpc) is 3.13. The number of thioether (sulfide) groups is 1. The van der Waals surface area contributed by atoms with Crippen LogP contribution >= 0.6 is 11.8 Å². The van der Waals surface area contributed by atoms with E-state index >= 15 is 0 Å². The van der Waals surface area contributed by atoms with Crippen LogP contribution in [0.5, 0.6) is 17.2 Å². The molecule has 12 nitrogen and oxygen atoms in total. The molecule has 0 aliphatic carbocycles. The number of rotatable bonds is 13. The predicted octanol–water partition coefficient (Wildman–Crippen LogP) is 5.52. The van der Waals surface area contributed by atoms with Crippen LogP contribution in [0.1, 0.15) is 44.4 Å². The van der Waals surface area contributed by atoms with Crippen molar-refractivity contribution in [2.45, 2.75) is 64.2 Å². The lowest BCUT2D eigenvalue weighted by molar-refractivity contribution is -0.153. The number of hydrogen-bond acceptors (Lipinski definition) is 13. The highest BCUT2D eigenvalue weighted by molar-refractivity contribution is 8.00. The van der Waals surface area contributed by atoms with E-state index in [0.717, 1.165) is 46.2 Å². The SMILES string of the molecule is CC1(C)SCCN(Cc2ccc(Oc3ccncc3)cc2)[C@H]1C(=O)ON.COc1ccc(CN(Cc2cccnc2)[C@@H](C(=O)ON)C(C)C)cc1. The van der Waals surface area contributed by atoms with Crippen LogP contribution in [0.4, 0.5) is 0 Å². The molecule has 4 N–H and O–H groups in total. The molecule has 0 amide bonds. The Morgan fingerprint density at radius 1 is 0.863 bits per heavy atom. The lowest BCUT2D eigenvalue weighted by atomic mass is 10.00. The summed E-state index contributed by atoms with van der Waals surface area (Å²) in [5.41, 5.74) is 3.19. The molecule has 0 radical (unpaired) electrons. The minimum Gasteiger partial charge on any atom is -0.497 e. The molecule has 2 aromatic heterocycles. The maximum absolute atomic E-state index is 12.3. The van der Waals surface area contributed by atoms with Gasteiger partial charge in [0, 0.05) is 61.5 Å². The topological polar surface area (TPSA) is 155 Å². The van der Waals surface area contributed by atoms with Crippen LogP contribution in [0.15, 0.2) is 97.6 Å². The fourth-order valence-electron chi connectivity index (χ4n) is 6.04. The molecule has 0 saturated carbocycles. The molecule has 0 spiro atoms. The van der Waals surface area contributed by atoms with Crippen molar-refractivity contribution in [2.75, 3.05) is 19.4 Å². The van der Waals surface area contributed by atoms with Gasteiger partial charge in [-0.3, -0.25) is 19.8 Å². The minimum atomic E-state index is -0.452. The molecule has 51 heavy (non-hydrogen) atoms. The lowest BCUT2D eigenvalue weighted by Crippen LogP contribution is -2.57. The number of nitrogens with zero attached hydrogens (tertiary/aromatic N) is 4. The third-order valence-corrected chi connectivity index (χ3v) is 9.80. The van der Waals surface area contributed by atoms with Crippen molar-refractivity contribution in [3.63, 3.8) is 0 Å². The Balaban J connectivity index is 0.000000229. The highest BCUT2D eigenvalue weighted by Gasteiger charge is 2.44. The Morgan fingerprint density at radius 2 is 1.49 bits per heavy atom. The van der Waals surface area contributed by atoms with Crippen molar-refractivity contribution >= 4 is 23.7 Å². The summed E-state index contributed by atoms with van der Waals surface area (Å²) in [6.07, 6.45) is 6.91. The zero-order valence-corrected chi connectivity index (χ0v) is 30.6. The fraction of sp³-hybridized carbons (Fsp3) is 0.368. The van der Waals surface area contributed by atoms with Crippen molar-refractivity contribution in [3.8, 4) is 17.2 Å². The minimum absolute atomic E-state index is 0.0472. The van der Waals surface area contributed by atoms with Crippen molar-refractivity contribution < 1.29 is 28.7 Å². The Bertz CT molecular complexity index is 1650. The molecule has 1 fully saturated rings. The molecule has 3 heterocycles. The molecule has 13 heteroatoms. The van der Waals surface area contributed by atoms with Gasteiger partial charge in [0.25, 0.3) is 0 Å². The van der Waals surface area contributed by atoms with Gasteiger partial charge in [-0.25, -0.2) is 9.59 Å². The second kappa shape index (κ2) is 19.2. The van der Waals surface area contributed by atoms with Gasteiger partial charge in [0.05, 0.1) is 7.11 Å². The van der Waals surface area contributed by atoms with E-state index in [1.807, 2.05) is 86.6 Å². The number of benzene rings is 2. The molecule has 1 saturated heterocycles. The molecule has 1 aliphatic heterocycles. The third-order valence-electron chi connectivity index (χ3n) is 8.45. The molecule has 5 rings (SSSR count). The second-order valence-electron chi connectivity index (χ2n) is 12.9. The van der Waals surface area contributed by atoms with Crippen molar-refractivity contribution in [2.24, 2.45) is 17.7 Å². The zero-order chi connectivity index (χ0) is 36.8. The Morgan fingerprint density at radius 3 is 2.08 bits per heavy atom. The number of methoxy groups -OCH3 is 1. The summed E-state index contributed by atoms with van der Waals surface area (Å²) in [6, 6.07) is 22.3. The fourth-order valence-corrected chi connectivity index (χ4v) is 7.29. The van der Waals surface area contributed by atoms with Crippen LogP contribution in [0, 0.1) is 5.92 Å². The van der Waals surface area contributed by atoms with Gasteiger partial charge >= 0.3 is 11.9 Å². The summed E-state index contributed by atoms with van der Waals surface area (Å²) in [7, 11) is 1.63. The number of aromatic nitrogens is 2. The van der Waals surface area contributed by atoms with Crippen LogP contribution in [-0.4, -0.2) is 67.9 Å². The first-order valence-corrected chi connectivity index (χ1v) is 17.6. The smallest absolute Gasteiger partial charge is 0.343 e. The third kappa shape index (κ3) is 11.5. The van der Waals surface area contributed by atoms with E-state index < -0.39 is 12.0 Å².